The van der Waals surface area contributed by atoms with Crippen molar-refractivity contribution in [3.8, 4) is 5.75 Å². The number of rotatable bonds is 4. The molecule has 0 saturated carbocycles. The Balaban J connectivity index is 2.45. The van der Waals surface area contributed by atoms with Crippen LogP contribution in [0.1, 0.15) is 5.56 Å². The van der Waals surface area contributed by atoms with E-state index in [4.69, 9.17) is 10.5 Å². The van der Waals surface area contributed by atoms with Crippen LogP contribution in [0, 0.1) is 12.7 Å². The lowest BCUT2D eigenvalue weighted by atomic mass is 10.2. The number of methoxy groups -OCH3 is 1. The lowest BCUT2D eigenvalue weighted by Gasteiger charge is -2.13. The van der Waals surface area contributed by atoms with E-state index in [1.807, 2.05) is 6.92 Å². The smallest absolute Gasteiger partial charge is 0.265 e. The van der Waals surface area contributed by atoms with Gasteiger partial charge in [-0.25, -0.2) is 12.8 Å². The van der Waals surface area contributed by atoms with Crippen molar-refractivity contribution in [2.24, 2.45) is 0 Å². The maximum absolute atomic E-state index is 13.7. The Kier molecular flexibility index (Phi) is 4.04. The predicted octanol–water partition coefficient (Wildman–Crippen LogP) is 2.53. The van der Waals surface area contributed by atoms with Gasteiger partial charge in [0.25, 0.3) is 10.0 Å². The summed E-state index contributed by atoms with van der Waals surface area (Å²) in [5.41, 5.74) is 6.80. The molecule has 0 heterocycles. The summed E-state index contributed by atoms with van der Waals surface area (Å²) < 4.78 is 45.7. The van der Waals surface area contributed by atoms with Crippen LogP contribution >= 0.6 is 0 Å². The maximum atomic E-state index is 13.7. The van der Waals surface area contributed by atoms with Gasteiger partial charge in [0.1, 0.15) is 16.5 Å². The van der Waals surface area contributed by atoms with Crippen LogP contribution in [0.3, 0.4) is 0 Å². The molecule has 0 aliphatic heterocycles. The fraction of sp³-hybridized carbons (Fsp3) is 0.143. The van der Waals surface area contributed by atoms with Gasteiger partial charge in [-0.1, -0.05) is 6.07 Å². The molecule has 21 heavy (non-hydrogen) atoms. The number of benzene rings is 2. The Morgan fingerprint density at radius 2 is 1.90 bits per heavy atom. The number of nitrogens with two attached hydrogens (primary N) is 1. The average molecular weight is 310 g/mol. The van der Waals surface area contributed by atoms with Crippen LogP contribution in [0.2, 0.25) is 0 Å². The van der Waals surface area contributed by atoms with Gasteiger partial charge in [0, 0.05) is 5.69 Å². The monoisotopic (exact) mass is 310 g/mol. The molecule has 0 spiro atoms. The number of nitrogen functional groups attached to an aromatic ring is 1. The highest BCUT2D eigenvalue weighted by molar-refractivity contribution is 7.92. The standard InChI is InChI=1S/C14H15FN2O3S/c1-9-3-6-12(13(7-9)20-2)17-21(18,19)14-8-10(16)4-5-11(14)15/h3-8,17H,16H2,1-2H3. The number of aryl methyl sites for hydroxylation is 1. The third-order valence-corrected chi connectivity index (χ3v) is 4.23. The first-order chi connectivity index (χ1) is 9.83. The second-order valence-electron chi connectivity index (χ2n) is 4.50. The van der Waals surface area contributed by atoms with Crippen LogP contribution in [0.25, 0.3) is 0 Å². The van der Waals surface area contributed by atoms with Crippen molar-refractivity contribution < 1.29 is 17.5 Å². The minimum absolute atomic E-state index is 0.160. The van der Waals surface area contributed by atoms with Gasteiger partial charge in [-0.15, -0.1) is 0 Å². The van der Waals surface area contributed by atoms with Crippen molar-refractivity contribution in [2.45, 2.75) is 11.8 Å². The highest BCUT2D eigenvalue weighted by atomic mass is 32.2. The maximum Gasteiger partial charge on any atom is 0.265 e. The van der Waals surface area contributed by atoms with E-state index in [0.29, 0.717) is 5.75 Å². The summed E-state index contributed by atoms with van der Waals surface area (Å²) >= 11 is 0. The fourth-order valence-electron chi connectivity index (χ4n) is 1.81. The topological polar surface area (TPSA) is 81.4 Å². The summed E-state index contributed by atoms with van der Waals surface area (Å²) in [5.74, 6) is -0.523. The van der Waals surface area contributed by atoms with E-state index >= 15 is 0 Å². The van der Waals surface area contributed by atoms with Gasteiger partial charge >= 0.3 is 0 Å². The summed E-state index contributed by atoms with van der Waals surface area (Å²) in [6.45, 7) is 1.85. The molecule has 0 saturated heterocycles. The number of anilines is 2. The number of hydrogen-bond acceptors (Lipinski definition) is 4. The first-order valence-electron chi connectivity index (χ1n) is 6.06. The van der Waals surface area contributed by atoms with Crippen LogP contribution in [0.4, 0.5) is 15.8 Å². The SMILES string of the molecule is COc1cc(C)ccc1NS(=O)(=O)c1cc(N)ccc1F. The van der Waals surface area contributed by atoms with E-state index in [9.17, 15) is 12.8 Å². The molecule has 0 aliphatic rings. The normalized spacial score (nSPS) is 11.2. The molecule has 0 atom stereocenters. The molecular formula is C14H15FN2O3S. The zero-order chi connectivity index (χ0) is 15.6. The van der Waals surface area contributed by atoms with Gasteiger partial charge in [-0.2, -0.15) is 0 Å². The zero-order valence-electron chi connectivity index (χ0n) is 11.6. The number of sulfonamides is 1. The van der Waals surface area contributed by atoms with Gasteiger partial charge < -0.3 is 10.5 Å². The van der Waals surface area contributed by atoms with E-state index in [2.05, 4.69) is 4.72 Å². The molecule has 0 aliphatic carbocycles. The van der Waals surface area contributed by atoms with E-state index in [1.54, 1.807) is 18.2 Å². The Hall–Kier alpha value is -2.28. The first-order valence-corrected chi connectivity index (χ1v) is 7.54. The quantitative estimate of drug-likeness (QED) is 0.850. The molecule has 0 unspecified atom stereocenters. The van der Waals surface area contributed by atoms with Crippen LogP contribution in [-0.2, 0) is 10.0 Å². The Bertz CT molecular complexity index is 776. The van der Waals surface area contributed by atoms with E-state index in [1.165, 1.54) is 13.2 Å². The number of nitrogens with one attached hydrogen (secondary N) is 1. The molecule has 112 valence electrons. The molecule has 0 fully saturated rings. The van der Waals surface area contributed by atoms with Gasteiger partial charge in [-0.3, -0.25) is 4.72 Å². The highest BCUT2D eigenvalue weighted by Gasteiger charge is 2.21. The summed E-state index contributed by atoms with van der Waals surface area (Å²) in [7, 11) is -2.67. The highest BCUT2D eigenvalue weighted by Crippen LogP contribution is 2.28. The summed E-state index contributed by atoms with van der Waals surface area (Å²) in [4.78, 5) is -0.509. The van der Waals surface area contributed by atoms with Crippen LogP contribution in [-0.4, -0.2) is 15.5 Å². The minimum Gasteiger partial charge on any atom is -0.495 e. The average Bonchev–Trinajstić information content (AvgIpc) is 2.43. The fourth-order valence-corrected chi connectivity index (χ4v) is 2.99. The Morgan fingerprint density at radius 1 is 1.19 bits per heavy atom. The zero-order valence-corrected chi connectivity index (χ0v) is 12.4. The third-order valence-electron chi connectivity index (χ3n) is 2.85. The second kappa shape index (κ2) is 5.61. The van der Waals surface area contributed by atoms with Crippen molar-refractivity contribution in [3.05, 3.63) is 47.8 Å². The van der Waals surface area contributed by atoms with Gasteiger partial charge in [0.15, 0.2) is 0 Å². The van der Waals surface area contributed by atoms with Crippen molar-refractivity contribution >= 4 is 21.4 Å². The summed E-state index contributed by atoms with van der Waals surface area (Å²) in [5, 5.41) is 0. The molecule has 0 bridgehead atoms. The molecule has 0 aromatic heterocycles. The van der Waals surface area contributed by atoms with E-state index in [-0.39, 0.29) is 11.4 Å². The molecule has 3 N–H and O–H groups in total. The van der Waals surface area contributed by atoms with Crippen molar-refractivity contribution in [2.75, 3.05) is 17.6 Å². The lowest BCUT2D eigenvalue weighted by molar-refractivity contribution is 0.416. The molecular weight excluding hydrogens is 295 g/mol. The van der Waals surface area contributed by atoms with Crippen molar-refractivity contribution in [1.82, 2.24) is 0 Å². The second-order valence-corrected chi connectivity index (χ2v) is 6.15. The summed E-state index contributed by atoms with van der Waals surface area (Å²) in [6.07, 6.45) is 0. The molecule has 5 nitrogen and oxygen atoms in total. The van der Waals surface area contributed by atoms with Crippen LogP contribution in [0.15, 0.2) is 41.3 Å². The summed E-state index contributed by atoms with van der Waals surface area (Å²) in [6, 6.07) is 8.31. The van der Waals surface area contributed by atoms with Gasteiger partial charge in [0.05, 0.1) is 12.8 Å². The van der Waals surface area contributed by atoms with Crippen molar-refractivity contribution in [1.29, 1.82) is 0 Å². The molecule has 7 heteroatoms. The number of halogens is 1. The molecule has 2 aromatic rings. The third kappa shape index (κ3) is 3.25. The van der Waals surface area contributed by atoms with Crippen LogP contribution in [0.5, 0.6) is 5.75 Å². The molecule has 0 amide bonds. The molecule has 0 radical (unpaired) electrons. The van der Waals surface area contributed by atoms with Gasteiger partial charge in [-0.05, 0) is 42.8 Å². The lowest BCUT2D eigenvalue weighted by Crippen LogP contribution is -2.15. The number of ether oxygens (including phenoxy) is 1. The Morgan fingerprint density at radius 3 is 2.57 bits per heavy atom. The Labute approximate surface area is 122 Å². The van der Waals surface area contributed by atoms with E-state index in [0.717, 1.165) is 17.7 Å². The molecule has 2 aromatic carbocycles. The van der Waals surface area contributed by atoms with E-state index < -0.39 is 20.7 Å². The largest absolute Gasteiger partial charge is 0.495 e. The minimum atomic E-state index is -4.10. The number of hydrogen-bond donors (Lipinski definition) is 2. The van der Waals surface area contributed by atoms with Gasteiger partial charge in [0.2, 0.25) is 0 Å². The predicted molar refractivity (Wildman–Crippen MR) is 79.4 cm³/mol. The van der Waals surface area contributed by atoms with Crippen LogP contribution < -0.4 is 15.2 Å². The molecule has 2 rings (SSSR count). The first kappa shape index (κ1) is 15.1. The van der Waals surface area contributed by atoms with Crippen molar-refractivity contribution in [3.63, 3.8) is 0 Å².